The summed E-state index contributed by atoms with van der Waals surface area (Å²) in [6.07, 6.45) is 3.09. The van der Waals surface area contributed by atoms with Gasteiger partial charge in [0.2, 0.25) is 0 Å². The number of aromatic carboxylic acids is 1. The molecule has 0 aliphatic rings. The number of benzene rings is 1. The van der Waals surface area contributed by atoms with E-state index in [0.717, 1.165) is 10.9 Å². The van der Waals surface area contributed by atoms with Crippen molar-refractivity contribution in [2.75, 3.05) is 0 Å². The van der Waals surface area contributed by atoms with Gasteiger partial charge in [0.25, 0.3) is 0 Å². The molecule has 1 N–H and O–H groups in total. The second-order valence-corrected chi connectivity index (χ2v) is 4.29. The molecule has 0 aliphatic heterocycles. The van der Waals surface area contributed by atoms with Gasteiger partial charge in [-0.15, -0.1) is 0 Å². The zero-order chi connectivity index (χ0) is 13.4. The van der Waals surface area contributed by atoms with Crippen LogP contribution in [0.2, 0.25) is 5.02 Å². The van der Waals surface area contributed by atoms with Crippen LogP contribution in [-0.4, -0.2) is 25.8 Å². The van der Waals surface area contributed by atoms with Gasteiger partial charge in [0.05, 0.1) is 22.3 Å². The second kappa shape index (κ2) is 4.37. The molecule has 0 unspecified atom stereocenters. The lowest BCUT2D eigenvalue weighted by molar-refractivity contribution is 0.0697. The molecule has 6 heteroatoms. The fourth-order valence-electron chi connectivity index (χ4n) is 1.89. The van der Waals surface area contributed by atoms with Crippen LogP contribution in [0.3, 0.4) is 0 Å². The zero-order valence-corrected chi connectivity index (χ0v) is 10.4. The molecule has 0 amide bonds. The molecule has 1 aromatic carbocycles. The molecule has 0 fully saturated rings. The first-order chi connectivity index (χ1) is 9.18. The van der Waals surface area contributed by atoms with E-state index in [0.29, 0.717) is 5.82 Å². The summed E-state index contributed by atoms with van der Waals surface area (Å²) in [6.45, 7) is 0. The van der Waals surface area contributed by atoms with Gasteiger partial charge in [-0.25, -0.2) is 14.5 Å². The van der Waals surface area contributed by atoms with E-state index in [4.69, 9.17) is 16.7 Å². The Morgan fingerprint density at radius 1 is 1.26 bits per heavy atom. The smallest absolute Gasteiger partial charge is 0.337 e. The Balaban J connectivity index is 2.28. The summed E-state index contributed by atoms with van der Waals surface area (Å²) in [5.74, 6) is -0.784. The monoisotopic (exact) mass is 273 g/mol. The summed E-state index contributed by atoms with van der Waals surface area (Å²) in [4.78, 5) is 15.2. The molecule has 0 saturated carbocycles. The number of rotatable bonds is 2. The molecule has 3 aromatic rings. The maximum Gasteiger partial charge on any atom is 0.337 e. The third-order valence-corrected chi connectivity index (χ3v) is 3.15. The molecule has 0 aliphatic carbocycles. The topological polar surface area (TPSA) is 68.0 Å². The normalized spacial score (nSPS) is 10.8. The Hall–Kier alpha value is -2.40. The highest BCUT2D eigenvalue weighted by molar-refractivity contribution is 6.35. The first kappa shape index (κ1) is 11.7. The predicted molar refractivity (Wildman–Crippen MR) is 70.8 cm³/mol. The lowest BCUT2D eigenvalue weighted by Crippen LogP contribution is -2.05. The number of nitrogens with zero attached hydrogens (tertiary/aromatic N) is 3. The number of fused-ring (bicyclic) bond motifs is 1. The summed E-state index contributed by atoms with van der Waals surface area (Å²) in [5, 5.41) is 14.3. The Labute approximate surface area is 113 Å². The largest absolute Gasteiger partial charge is 0.478 e. The van der Waals surface area contributed by atoms with Gasteiger partial charge in [0.15, 0.2) is 5.82 Å². The molecule has 0 spiro atoms. The molecular weight excluding hydrogens is 266 g/mol. The van der Waals surface area contributed by atoms with Crippen molar-refractivity contribution in [2.24, 2.45) is 0 Å². The standard InChI is InChI=1S/C13H8ClN3O2/c14-11-9(13(18)19)5-6-15-12(11)17-10-4-2-1-3-8(10)7-16-17/h1-7H,(H,18,19). The van der Waals surface area contributed by atoms with E-state index in [9.17, 15) is 4.79 Å². The summed E-state index contributed by atoms with van der Waals surface area (Å²) in [6, 6.07) is 8.91. The van der Waals surface area contributed by atoms with Crippen molar-refractivity contribution in [3.05, 3.63) is 53.3 Å². The van der Waals surface area contributed by atoms with E-state index in [1.54, 1.807) is 6.20 Å². The third kappa shape index (κ3) is 1.84. The van der Waals surface area contributed by atoms with Crippen molar-refractivity contribution in [1.82, 2.24) is 14.8 Å². The van der Waals surface area contributed by atoms with Crippen LogP contribution in [0, 0.1) is 0 Å². The van der Waals surface area contributed by atoms with Gasteiger partial charge in [-0.1, -0.05) is 29.8 Å². The van der Waals surface area contributed by atoms with E-state index < -0.39 is 5.97 Å². The van der Waals surface area contributed by atoms with Crippen LogP contribution in [0.5, 0.6) is 0 Å². The van der Waals surface area contributed by atoms with Crippen LogP contribution in [0.15, 0.2) is 42.7 Å². The number of hydrogen-bond donors (Lipinski definition) is 1. The number of hydrogen-bond acceptors (Lipinski definition) is 3. The first-order valence-electron chi connectivity index (χ1n) is 5.49. The number of halogens is 1. The first-order valence-corrected chi connectivity index (χ1v) is 5.87. The van der Waals surface area contributed by atoms with Crippen LogP contribution in [0.1, 0.15) is 10.4 Å². The average molecular weight is 274 g/mol. The number of carboxylic acids is 1. The lowest BCUT2D eigenvalue weighted by Gasteiger charge is -2.06. The van der Waals surface area contributed by atoms with E-state index in [-0.39, 0.29) is 10.6 Å². The number of aromatic nitrogens is 3. The van der Waals surface area contributed by atoms with Gasteiger partial charge in [0, 0.05) is 11.6 Å². The van der Waals surface area contributed by atoms with Crippen molar-refractivity contribution in [1.29, 1.82) is 0 Å². The zero-order valence-electron chi connectivity index (χ0n) is 9.62. The molecular formula is C13H8ClN3O2. The minimum atomic E-state index is -1.09. The van der Waals surface area contributed by atoms with E-state index >= 15 is 0 Å². The molecule has 94 valence electrons. The SMILES string of the molecule is O=C(O)c1ccnc(-n2ncc3ccccc32)c1Cl. The molecule has 2 heterocycles. The highest BCUT2D eigenvalue weighted by atomic mass is 35.5. The average Bonchev–Trinajstić information content (AvgIpc) is 2.82. The highest BCUT2D eigenvalue weighted by Crippen LogP contribution is 2.25. The fourth-order valence-corrected chi connectivity index (χ4v) is 2.16. The van der Waals surface area contributed by atoms with Crippen LogP contribution < -0.4 is 0 Å². The van der Waals surface area contributed by atoms with Crippen LogP contribution in [-0.2, 0) is 0 Å². The van der Waals surface area contributed by atoms with Gasteiger partial charge >= 0.3 is 5.97 Å². The summed E-state index contributed by atoms with van der Waals surface area (Å²) < 4.78 is 1.53. The van der Waals surface area contributed by atoms with Gasteiger partial charge in [-0.2, -0.15) is 5.10 Å². The molecule has 2 aromatic heterocycles. The van der Waals surface area contributed by atoms with Gasteiger partial charge in [-0.3, -0.25) is 0 Å². The van der Waals surface area contributed by atoms with Crippen LogP contribution in [0.25, 0.3) is 16.7 Å². The summed E-state index contributed by atoms with van der Waals surface area (Å²) in [7, 11) is 0. The molecule has 0 bridgehead atoms. The number of para-hydroxylation sites is 1. The van der Waals surface area contributed by atoms with Crippen LogP contribution >= 0.6 is 11.6 Å². The minimum Gasteiger partial charge on any atom is -0.478 e. The van der Waals surface area contributed by atoms with Crippen molar-refractivity contribution in [3.8, 4) is 5.82 Å². The number of carboxylic acid groups (broad SMARTS) is 1. The Bertz CT molecular complexity index is 782. The van der Waals surface area contributed by atoms with Gasteiger partial charge in [0.1, 0.15) is 0 Å². The maximum absolute atomic E-state index is 11.1. The molecule has 19 heavy (non-hydrogen) atoms. The molecule has 0 saturated heterocycles. The number of carbonyl (C=O) groups is 1. The molecule has 0 atom stereocenters. The van der Waals surface area contributed by atoms with E-state index in [2.05, 4.69) is 10.1 Å². The van der Waals surface area contributed by atoms with Crippen molar-refractivity contribution in [3.63, 3.8) is 0 Å². The Morgan fingerprint density at radius 3 is 2.84 bits per heavy atom. The van der Waals surface area contributed by atoms with Crippen molar-refractivity contribution >= 4 is 28.5 Å². The lowest BCUT2D eigenvalue weighted by atomic mass is 10.2. The molecule has 3 rings (SSSR count). The Morgan fingerprint density at radius 2 is 2.05 bits per heavy atom. The summed E-state index contributed by atoms with van der Waals surface area (Å²) in [5.41, 5.74) is 0.825. The van der Waals surface area contributed by atoms with Crippen molar-refractivity contribution < 1.29 is 9.90 Å². The quantitative estimate of drug-likeness (QED) is 0.779. The number of pyridine rings is 1. The highest BCUT2D eigenvalue weighted by Gasteiger charge is 2.16. The van der Waals surface area contributed by atoms with Crippen LogP contribution in [0.4, 0.5) is 0 Å². The maximum atomic E-state index is 11.1. The molecule has 0 radical (unpaired) electrons. The van der Waals surface area contributed by atoms with Gasteiger partial charge < -0.3 is 5.11 Å². The fraction of sp³-hybridized carbons (Fsp3) is 0. The third-order valence-electron chi connectivity index (χ3n) is 2.78. The Kier molecular flexibility index (Phi) is 2.68. The van der Waals surface area contributed by atoms with E-state index in [1.165, 1.54) is 16.9 Å². The molecule has 5 nitrogen and oxygen atoms in total. The second-order valence-electron chi connectivity index (χ2n) is 3.92. The minimum absolute atomic E-state index is 0.00578. The predicted octanol–water partition coefficient (Wildman–Crippen LogP) is 2.77. The van der Waals surface area contributed by atoms with E-state index in [1.807, 2.05) is 24.3 Å². The van der Waals surface area contributed by atoms with Crippen molar-refractivity contribution in [2.45, 2.75) is 0 Å². The van der Waals surface area contributed by atoms with Gasteiger partial charge in [-0.05, 0) is 12.1 Å². The summed E-state index contributed by atoms with van der Waals surface area (Å²) >= 11 is 6.09.